The van der Waals surface area contributed by atoms with Gasteiger partial charge in [0.2, 0.25) is 21.8 Å². The fourth-order valence-corrected chi connectivity index (χ4v) is 7.18. The normalized spacial score (nSPS) is 20.0. The van der Waals surface area contributed by atoms with E-state index in [4.69, 9.17) is 9.15 Å². The lowest BCUT2D eigenvalue weighted by atomic mass is 10.1. The molecule has 0 spiro atoms. The Morgan fingerprint density at radius 2 is 1.82 bits per heavy atom. The molecule has 198 valence electrons. The Balaban J connectivity index is 1.09. The summed E-state index contributed by atoms with van der Waals surface area (Å²) >= 11 is 0. The van der Waals surface area contributed by atoms with Gasteiger partial charge in [0.05, 0.1) is 24.7 Å². The van der Waals surface area contributed by atoms with Crippen LogP contribution in [0.15, 0.2) is 75.3 Å². The number of hydrogen-bond acceptors (Lipinski definition) is 6. The number of ether oxygens (including phenoxy) is 1. The number of nitrogens with zero attached hydrogens (tertiary/aromatic N) is 3. The molecule has 4 heterocycles. The third kappa shape index (κ3) is 4.37. The minimum Gasteiger partial charge on any atom is -0.497 e. The van der Waals surface area contributed by atoms with Crippen molar-refractivity contribution >= 4 is 32.8 Å². The van der Waals surface area contributed by atoms with Crippen molar-refractivity contribution in [2.24, 2.45) is 0 Å². The molecule has 1 saturated heterocycles. The Kier molecular flexibility index (Phi) is 6.23. The second-order valence-electron chi connectivity index (χ2n) is 10.1. The van der Waals surface area contributed by atoms with Crippen molar-refractivity contribution < 1.29 is 27.2 Å². The van der Waals surface area contributed by atoms with E-state index in [1.165, 1.54) is 10.6 Å². The maximum atomic E-state index is 13.5. The maximum absolute atomic E-state index is 13.5. The van der Waals surface area contributed by atoms with Gasteiger partial charge in [-0.1, -0.05) is 12.1 Å². The van der Waals surface area contributed by atoms with Crippen LogP contribution in [0.2, 0.25) is 0 Å². The van der Waals surface area contributed by atoms with E-state index in [2.05, 4.69) is 0 Å². The van der Waals surface area contributed by atoms with Crippen molar-refractivity contribution in [2.75, 3.05) is 39.8 Å². The summed E-state index contributed by atoms with van der Waals surface area (Å²) in [6.07, 6.45) is 3.18. The van der Waals surface area contributed by atoms with Crippen molar-refractivity contribution in [1.29, 1.82) is 0 Å². The van der Waals surface area contributed by atoms with Crippen molar-refractivity contribution in [1.82, 2.24) is 14.1 Å². The zero-order valence-electron chi connectivity index (χ0n) is 21.1. The highest BCUT2D eigenvalue weighted by molar-refractivity contribution is 7.89. The van der Waals surface area contributed by atoms with Gasteiger partial charge in [0.25, 0.3) is 0 Å². The van der Waals surface area contributed by atoms with E-state index < -0.39 is 16.1 Å². The number of carbonyl (C=O) groups excluding carboxylic acids is 2. The van der Waals surface area contributed by atoms with Crippen LogP contribution in [-0.2, 0) is 26.0 Å². The van der Waals surface area contributed by atoms with E-state index in [9.17, 15) is 18.0 Å². The summed E-state index contributed by atoms with van der Waals surface area (Å²) < 4.78 is 38.7. The molecule has 38 heavy (non-hydrogen) atoms. The smallest absolute Gasteiger partial charge is 0.245 e. The average molecular weight is 536 g/mol. The standard InChI is InChI=1S/C28H29N3O6S/c1-36-23-5-2-4-19(12-23)13-27(32)31-10-3-6-25(31)28(33)29-15-21-17-30(18-22(21)16-29)38(34,35)24-7-8-26-20(14-24)9-11-37-26/h2,4-5,7-9,11-12,14,25H,3,6,10,13,15-18H2,1H3/t25-/m0/s1. The molecule has 0 saturated carbocycles. The molecule has 2 aromatic carbocycles. The molecule has 3 aliphatic rings. The zero-order valence-corrected chi connectivity index (χ0v) is 21.9. The van der Waals surface area contributed by atoms with Crippen LogP contribution in [0, 0.1) is 0 Å². The van der Waals surface area contributed by atoms with Gasteiger partial charge in [0.15, 0.2) is 0 Å². The van der Waals surface area contributed by atoms with Gasteiger partial charge in [0.1, 0.15) is 17.4 Å². The first-order valence-electron chi connectivity index (χ1n) is 12.7. The van der Waals surface area contributed by atoms with E-state index in [-0.39, 0.29) is 36.2 Å². The molecule has 0 radical (unpaired) electrons. The third-order valence-corrected chi connectivity index (χ3v) is 9.51. The third-order valence-electron chi connectivity index (χ3n) is 7.72. The number of carbonyl (C=O) groups is 2. The molecular weight excluding hydrogens is 506 g/mol. The summed E-state index contributed by atoms with van der Waals surface area (Å²) in [5.74, 6) is 0.566. The first kappa shape index (κ1) is 24.7. The molecule has 3 aromatic rings. The van der Waals surface area contributed by atoms with E-state index in [0.29, 0.717) is 37.4 Å². The van der Waals surface area contributed by atoms with Crippen LogP contribution in [0.5, 0.6) is 5.75 Å². The van der Waals surface area contributed by atoms with Crippen LogP contribution in [0.1, 0.15) is 18.4 Å². The molecule has 0 bridgehead atoms. The Morgan fingerprint density at radius 1 is 1.03 bits per heavy atom. The molecule has 1 aromatic heterocycles. The highest BCUT2D eigenvalue weighted by Crippen LogP contribution is 2.32. The lowest BCUT2D eigenvalue weighted by molar-refractivity contribution is -0.142. The zero-order chi connectivity index (χ0) is 26.4. The van der Waals surface area contributed by atoms with Gasteiger partial charge in [-0.2, -0.15) is 4.31 Å². The molecule has 9 nitrogen and oxygen atoms in total. The molecular formula is C28H29N3O6S. The quantitative estimate of drug-likeness (QED) is 0.450. The van der Waals surface area contributed by atoms with Crippen LogP contribution in [0.4, 0.5) is 0 Å². The Hall–Kier alpha value is -3.63. The number of likely N-dealkylation sites (tertiary alicyclic amines) is 1. The number of furan rings is 1. The molecule has 2 amide bonds. The molecule has 0 unspecified atom stereocenters. The first-order chi connectivity index (χ1) is 18.3. The van der Waals surface area contributed by atoms with Gasteiger partial charge in [-0.25, -0.2) is 8.42 Å². The monoisotopic (exact) mass is 535 g/mol. The van der Waals surface area contributed by atoms with Gasteiger partial charge < -0.3 is 19.0 Å². The summed E-state index contributed by atoms with van der Waals surface area (Å²) in [6, 6.07) is 13.5. The molecule has 1 fully saturated rings. The van der Waals surface area contributed by atoms with Gasteiger partial charge in [-0.15, -0.1) is 0 Å². The predicted molar refractivity (Wildman–Crippen MR) is 140 cm³/mol. The van der Waals surface area contributed by atoms with E-state index >= 15 is 0 Å². The lowest BCUT2D eigenvalue weighted by Crippen LogP contribution is -2.48. The fourth-order valence-electron chi connectivity index (χ4n) is 5.72. The number of methoxy groups -OCH3 is 1. The molecule has 0 aliphatic carbocycles. The average Bonchev–Trinajstić information content (AvgIpc) is 3.70. The van der Waals surface area contributed by atoms with Crippen molar-refractivity contribution in [3.63, 3.8) is 0 Å². The summed E-state index contributed by atoms with van der Waals surface area (Å²) in [6.45, 7) is 1.90. The van der Waals surface area contributed by atoms with Crippen molar-refractivity contribution in [3.8, 4) is 5.75 Å². The maximum Gasteiger partial charge on any atom is 0.245 e. The molecule has 3 aliphatic heterocycles. The Labute approximate surface area is 221 Å². The SMILES string of the molecule is COc1cccc(CC(=O)N2CCC[C@H]2C(=O)N2CC3=C(C2)CN(S(=O)(=O)c2ccc4occc4c2)C3)c1. The minimum atomic E-state index is -3.67. The summed E-state index contributed by atoms with van der Waals surface area (Å²) in [5, 5.41) is 0.740. The van der Waals surface area contributed by atoms with Crippen LogP contribution < -0.4 is 4.74 Å². The highest BCUT2D eigenvalue weighted by Gasteiger charge is 2.42. The molecule has 6 rings (SSSR count). The van der Waals surface area contributed by atoms with E-state index in [0.717, 1.165) is 28.5 Å². The number of rotatable bonds is 6. The second kappa shape index (κ2) is 9.59. The van der Waals surface area contributed by atoms with Gasteiger partial charge in [0, 0.05) is 38.1 Å². The first-order valence-corrected chi connectivity index (χ1v) is 14.2. The van der Waals surface area contributed by atoms with Crippen LogP contribution >= 0.6 is 0 Å². The van der Waals surface area contributed by atoms with Gasteiger partial charge in [-0.3, -0.25) is 9.59 Å². The predicted octanol–water partition coefficient (Wildman–Crippen LogP) is 2.82. The Morgan fingerprint density at radius 3 is 2.58 bits per heavy atom. The van der Waals surface area contributed by atoms with Gasteiger partial charge in [-0.05, 0) is 65.9 Å². The Bertz CT molecular complexity index is 1540. The lowest BCUT2D eigenvalue weighted by Gasteiger charge is -2.29. The summed E-state index contributed by atoms with van der Waals surface area (Å²) in [4.78, 5) is 30.3. The second-order valence-corrected chi connectivity index (χ2v) is 12.0. The minimum absolute atomic E-state index is 0.0595. The number of amides is 2. The molecule has 10 heteroatoms. The van der Waals surface area contributed by atoms with Crippen LogP contribution in [0.3, 0.4) is 0 Å². The number of sulfonamides is 1. The number of benzene rings is 2. The summed E-state index contributed by atoms with van der Waals surface area (Å²) in [7, 11) is -2.08. The number of fused-ring (bicyclic) bond motifs is 1. The molecule has 1 atom stereocenters. The molecule has 0 N–H and O–H groups in total. The largest absolute Gasteiger partial charge is 0.497 e. The van der Waals surface area contributed by atoms with Gasteiger partial charge >= 0.3 is 0 Å². The highest BCUT2D eigenvalue weighted by atomic mass is 32.2. The van der Waals surface area contributed by atoms with E-state index in [1.807, 2.05) is 24.3 Å². The number of hydrogen-bond donors (Lipinski definition) is 0. The van der Waals surface area contributed by atoms with Crippen molar-refractivity contribution in [3.05, 3.63) is 71.5 Å². The fraction of sp³-hybridized carbons (Fsp3) is 0.357. The van der Waals surface area contributed by atoms with Crippen LogP contribution in [-0.4, -0.2) is 80.2 Å². The van der Waals surface area contributed by atoms with E-state index in [1.54, 1.807) is 41.2 Å². The van der Waals surface area contributed by atoms with Crippen molar-refractivity contribution in [2.45, 2.75) is 30.2 Å². The topological polar surface area (TPSA) is 100 Å². The summed E-state index contributed by atoms with van der Waals surface area (Å²) in [5.41, 5.74) is 3.43. The van der Waals surface area contributed by atoms with Crippen LogP contribution in [0.25, 0.3) is 11.0 Å².